The van der Waals surface area contributed by atoms with E-state index in [0.29, 0.717) is 0 Å². The summed E-state index contributed by atoms with van der Waals surface area (Å²) < 4.78 is 31.8. The van der Waals surface area contributed by atoms with E-state index in [4.69, 9.17) is 8.42 Å². The topological polar surface area (TPSA) is 43.4 Å². The molecule has 0 atom stereocenters. The summed E-state index contributed by atoms with van der Waals surface area (Å²) in [6.45, 7) is 0. The molecule has 0 aliphatic rings. The molecular formula is HFO3S2. The summed E-state index contributed by atoms with van der Waals surface area (Å²) in [4.78, 5) is 0. The quantitative estimate of drug-likeness (QED) is 0.312. The van der Waals surface area contributed by atoms with Crippen LogP contribution in [-0.4, -0.2) is 8.42 Å². The van der Waals surface area contributed by atoms with Crippen molar-refractivity contribution >= 4 is 23.4 Å². The Kier molecular flexibility index (Phi) is 1.82. The highest BCUT2D eigenvalue weighted by atomic mass is 32.3. The molecule has 38 valence electrons. The van der Waals surface area contributed by atoms with Crippen molar-refractivity contribution in [3.63, 3.8) is 0 Å². The van der Waals surface area contributed by atoms with Crippen LogP contribution in [0, 0.1) is 0 Å². The van der Waals surface area contributed by atoms with Crippen LogP contribution < -0.4 is 0 Å². The van der Waals surface area contributed by atoms with E-state index in [0.717, 1.165) is 0 Å². The van der Waals surface area contributed by atoms with E-state index in [-0.39, 0.29) is 0 Å². The second kappa shape index (κ2) is 1.76. The Morgan fingerprint density at radius 1 is 1.67 bits per heavy atom. The van der Waals surface area contributed by atoms with E-state index >= 15 is 0 Å². The summed E-state index contributed by atoms with van der Waals surface area (Å²) in [6, 6.07) is 0. The Labute approximate surface area is 40.1 Å². The van der Waals surface area contributed by atoms with E-state index < -0.39 is 10.5 Å². The van der Waals surface area contributed by atoms with Gasteiger partial charge in [-0.3, -0.25) is 0 Å². The highest BCUT2D eigenvalue weighted by Crippen LogP contribution is 1.93. The molecule has 0 saturated carbocycles. The van der Waals surface area contributed by atoms with Crippen LogP contribution in [0.2, 0.25) is 0 Å². The summed E-state index contributed by atoms with van der Waals surface area (Å²) >= 11 is 2.64. The maximum Gasteiger partial charge on any atom is 0.448 e. The first kappa shape index (κ1) is 6.19. The van der Waals surface area contributed by atoms with E-state index in [2.05, 4.69) is 16.5 Å². The van der Waals surface area contributed by atoms with Crippen LogP contribution in [0.4, 0.5) is 3.89 Å². The second-order valence-corrected chi connectivity index (χ2v) is 1.85. The average molecular weight is 132 g/mol. The Hall–Kier alpha value is 0.190. The van der Waals surface area contributed by atoms with Crippen molar-refractivity contribution in [2.24, 2.45) is 0 Å². The van der Waals surface area contributed by atoms with E-state index in [1.54, 1.807) is 0 Å². The number of rotatable bonds is 1. The molecule has 0 unspecified atom stereocenters. The summed E-state index contributed by atoms with van der Waals surface area (Å²) in [6.07, 6.45) is 0. The molecule has 0 spiro atoms. The fourth-order valence-electron chi connectivity index (χ4n) is 0. The van der Waals surface area contributed by atoms with Crippen molar-refractivity contribution in [1.29, 1.82) is 0 Å². The average Bonchev–Trinajstić information content (AvgIpc) is 1.35. The predicted octanol–water partition coefficient (Wildman–Crippen LogP) is 0.0621. The number of hydrogen-bond acceptors (Lipinski definition) is 4. The van der Waals surface area contributed by atoms with Gasteiger partial charge in [0.15, 0.2) is 0 Å². The predicted molar refractivity (Wildman–Crippen MR) is 20.1 cm³/mol. The normalized spacial score (nSPS) is 11.7. The maximum atomic E-state index is 10.8. The van der Waals surface area contributed by atoms with Gasteiger partial charge in [0.25, 0.3) is 0 Å². The van der Waals surface area contributed by atoms with Crippen LogP contribution in [0.15, 0.2) is 0 Å². The van der Waals surface area contributed by atoms with E-state index in [1.807, 2.05) is 0 Å². The standard InChI is InChI=1S/FHO3S2/c1-6(2,3)4-5/h5H. The first-order chi connectivity index (χ1) is 2.56. The fraction of sp³-hybridized carbons (Fsp3) is 0. The van der Waals surface area contributed by atoms with Crippen LogP contribution in [0.3, 0.4) is 0 Å². The van der Waals surface area contributed by atoms with Crippen LogP contribution in [0.1, 0.15) is 0 Å². The van der Waals surface area contributed by atoms with Crippen molar-refractivity contribution in [1.82, 2.24) is 0 Å². The smallest absolute Gasteiger partial charge is 0.176 e. The fourth-order valence-corrected chi connectivity index (χ4v) is 0. The third kappa shape index (κ3) is 4.19. The monoisotopic (exact) mass is 132 g/mol. The maximum absolute atomic E-state index is 10.8. The Morgan fingerprint density at radius 3 is 1.83 bits per heavy atom. The summed E-state index contributed by atoms with van der Waals surface area (Å²) in [5.41, 5.74) is 0. The molecule has 0 N–H and O–H groups in total. The molecule has 0 aromatic heterocycles. The number of thiol groups is 1. The molecule has 0 saturated heterocycles. The van der Waals surface area contributed by atoms with Gasteiger partial charge in [-0.2, -0.15) is 12.0 Å². The second-order valence-electron chi connectivity index (χ2n) is 0.468. The Morgan fingerprint density at radius 2 is 1.83 bits per heavy atom. The van der Waals surface area contributed by atoms with Gasteiger partial charge in [0.05, 0.1) is 0 Å². The van der Waals surface area contributed by atoms with Gasteiger partial charge in [-0.05, 0) is 12.9 Å². The first-order valence-corrected chi connectivity index (χ1v) is 2.51. The summed E-state index contributed by atoms with van der Waals surface area (Å²) in [5.74, 6) is 0. The van der Waals surface area contributed by atoms with Crippen molar-refractivity contribution in [2.45, 2.75) is 0 Å². The van der Waals surface area contributed by atoms with Gasteiger partial charge in [-0.1, -0.05) is 3.89 Å². The molecule has 0 heterocycles. The minimum atomic E-state index is -4.80. The molecule has 0 amide bonds. The van der Waals surface area contributed by atoms with Gasteiger partial charge < -0.3 is 0 Å². The number of halogens is 1. The van der Waals surface area contributed by atoms with Crippen LogP contribution >= 0.6 is 12.9 Å². The molecule has 0 aromatic carbocycles. The lowest BCUT2D eigenvalue weighted by Gasteiger charge is -1.76. The van der Waals surface area contributed by atoms with Gasteiger partial charge in [-0.25, -0.2) is 0 Å². The Balaban J connectivity index is 3.85. The highest BCUT2D eigenvalue weighted by Gasteiger charge is 2.00. The third-order valence-electron chi connectivity index (χ3n) is 0.0890. The van der Waals surface area contributed by atoms with Crippen LogP contribution in [-0.2, 0) is 14.1 Å². The number of hydrogen-bond donors (Lipinski definition) is 1. The minimum absolute atomic E-state index is 2.64. The van der Waals surface area contributed by atoms with E-state index in [1.165, 1.54) is 0 Å². The molecular weight excluding hydrogens is 131 g/mol. The zero-order chi connectivity index (χ0) is 5.21. The molecule has 0 aromatic rings. The summed E-state index contributed by atoms with van der Waals surface area (Å²) in [7, 11) is -4.80. The van der Waals surface area contributed by atoms with E-state index in [9.17, 15) is 3.89 Å². The summed E-state index contributed by atoms with van der Waals surface area (Å²) in [5, 5.41) is 0. The zero-order valence-electron chi connectivity index (χ0n) is 2.46. The Bertz CT molecular complexity index is 111. The minimum Gasteiger partial charge on any atom is -0.176 e. The lowest BCUT2D eigenvalue weighted by molar-refractivity contribution is 0.471. The molecule has 6 heavy (non-hydrogen) atoms. The lowest BCUT2D eigenvalue weighted by Crippen LogP contribution is -1.84. The third-order valence-corrected chi connectivity index (χ3v) is 0.801. The molecule has 0 rings (SSSR count). The molecule has 0 aliphatic heterocycles. The van der Waals surface area contributed by atoms with Gasteiger partial charge in [0.1, 0.15) is 0 Å². The molecule has 6 heteroatoms. The van der Waals surface area contributed by atoms with Crippen molar-refractivity contribution in [3.05, 3.63) is 0 Å². The molecule has 0 radical (unpaired) electrons. The highest BCUT2D eigenvalue weighted by molar-refractivity contribution is 7.92. The molecule has 0 aliphatic carbocycles. The lowest BCUT2D eigenvalue weighted by atomic mass is 15.8. The molecule has 0 bridgehead atoms. The van der Waals surface area contributed by atoms with Gasteiger partial charge >= 0.3 is 10.5 Å². The van der Waals surface area contributed by atoms with Gasteiger partial charge in [0, 0.05) is 0 Å². The van der Waals surface area contributed by atoms with Gasteiger partial charge in [0.2, 0.25) is 0 Å². The molecule has 3 nitrogen and oxygen atoms in total. The molecule has 0 fully saturated rings. The SMILES string of the molecule is O=S(=O)(F)OS. The first-order valence-electron chi connectivity index (χ1n) is 0.837. The largest absolute Gasteiger partial charge is 0.448 e. The van der Waals surface area contributed by atoms with Gasteiger partial charge in [-0.15, -0.1) is 0 Å². The van der Waals surface area contributed by atoms with Crippen molar-refractivity contribution in [3.8, 4) is 0 Å². The zero-order valence-corrected chi connectivity index (χ0v) is 4.17. The van der Waals surface area contributed by atoms with Crippen molar-refractivity contribution in [2.75, 3.05) is 0 Å². The van der Waals surface area contributed by atoms with Crippen LogP contribution in [0.5, 0.6) is 0 Å². The van der Waals surface area contributed by atoms with Crippen molar-refractivity contribution < 1.29 is 15.9 Å². The van der Waals surface area contributed by atoms with Crippen LogP contribution in [0.25, 0.3) is 0 Å².